The lowest BCUT2D eigenvalue weighted by molar-refractivity contribution is 0.0692. The molecule has 0 unspecified atom stereocenters. The van der Waals surface area contributed by atoms with Gasteiger partial charge in [-0.15, -0.1) is 0 Å². The first kappa shape index (κ1) is 12.6. The number of hydrogen-bond donors (Lipinski definition) is 0. The second-order valence-electron chi connectivity index (χ2n) is 4.56. The summed E-state index contributed by atoms with van der Waals surface area (Å²) < 4.78 is 0. The van der Waals surface area contributed by atoms with Gasteiger partial charge >= 0.3 is 0 Å². The number of rotatable bonds is 2. The van der Waals surface area contributed by atoms with E-state index in [2.05, 4.69) is 20.9 Å². The quantitative estimate of drug-likeness (QED) is 0.786. The Morgan fingerprint density at radius 1 is 1.53 bits per heavy atom. The predicted octanol–water partition coefficient (Wildman–Crippen LogP) is 2.64. The second kappa shape index (κ2) is 5.63. The highest BCUT2D eigenvalue weighted by Gasteiger charge is 2.24. The number of aryl methyl sites for hydroxylation is 1. The first-order valence-corrected chi connectivity index (χ1v) is 7.11. The van der Waals surface area contributed by atoms with Crippen LogP contribution in [0.3, 0.4) is 0 Å². The summed E-state index contributed by atoms with van der Waals surface area (Å²) in [5.74, 6) is 0.792. The van der Waals surface area contributed by atoms with Crippen molar-refractivity contribution in [3.63, 3.8) is 0 Å². The van der Waals surface area contributed by atoms with Crippen molar-refractivity contribution in [2.45, 2.75) is 19.8 Å². The maximum Gasteiger partial charge on any atom is 0.272 e. The van der Waals surface area contributed by atoms with Crippen LogP contribution in [0.4, 0.5) is 0 Å². The minimum absolute atomic E-state index is 0.0797. The summed E-state index contributed by atoms with van der Waals surface area (Å²) >= 11 is 3.51. The zero-order valence-electron chi connectivity index (χ0n) is 10.0. The molecule has 0 N–H and O–H groups in total. The topological polar surface area (TPSA) is 33.2 Å². The molecule has 2 rings (SSSR count). The molecule has 1 aliphatic rings. The minimum Gasteiger partial charge on any atom is -0.337 e. The summed E-state index contributed by atoms with van der Waals surface area (Å²) in [5, 5.41) is 1.04. The summed E-state index contributed by atoms with van der Waals surface area (Å²) in [6.07, 6.45) is 3.86. The zero-order valence-corrected chi connectivity index (χ0v) is 11.6. The number of alkyl halides is 1. The average molecular weight is 297 g/mol. The van der Waals surface area contributed by atoms with Gasteiger partial charge in [-0.05, 0) is 37.3 Å². The molecule has 1 amide bonds. The van der Waals surface area contributed by atoms with Gasteiger partial charge < -0.3 is 4.90 Å². The summed E-state index contributed by atoms with van der Waals surface area (Å²) in [6.45, 7) is 3.64. The predicted molar refractivity (Wildman–Crippen MR) is 71.4 cm³/mol. The maximum atomic E-state index is 12.3. The van der Waals surface area contributed by atoms with E-state index in [1.165, 1.54) is 0 Å². The van der Waals surface area contributed by atoms with E-state index >= 15 is 0 Å². The van der Waals surface area contributed by atoms with E-state index in [1.54, 1.807) is 6.20 Å². The lowest BCUT2D eigenvalue weighted by Gasteiger charge is -2.31. The number of hydrogen-bond acceptors (Lipinski definition) is 2. The number of pyridine rings is 1. The molecule has 1 aromatic rings. The molecular formula is C13H17BrN2O. The smallest absolute Gasteiger partial charge is 0.272 e. The highest BCUT2D eigenvalue weighted by Crippen LogP contribution is 2.20. The fraction of sp³-hybridized carbons (Fsp3) is 0.538. The van der Waals surface area contributed by atoms with Crippen molar-refractivity contribution in [2.75, 3.05) is 18.4 Å². The van der Waals surface area contributed by atoms with Crippen molar-refractivity contribution in [2.24, 2.45) is 5.92 Å². The van der Waals surface area contributed by atoms with Gasteiger partial charge in [-0.1, -0.05) is 22.0 Å². The van der Waals surface area contributed by atoms with Gasteiger partial charge in [0, 0.05) is 24.6 Å². The van der Waals surface area contributed by atoms with Gasteiger partial charge in [-0.25, -0.2) is 0 Å². The van der Waals surface area contributed by atoms with Crippen molar-refractivity contribution < 1.29 is 4.79 Å². The number of nitrogens with zero attached hydrogens (tertiary/aromatic N) is 2. The number of aromatic nitrogens is 1. The third-order valence-corrected chi connectivity index (χ3v) is 4.25. The van der Waals surface area contributed by atoms with E-state index < -0.39 is 0 Å². The van der Waals surface area contributed by atoms with Gasteiger partial charge in [-0.3, -0.25) is 9.78 Å². The number of likely N-dealkylation sites (tertiary alicyclic amines) is 1. The Morgan fingerprint density at radius 3 is 2.82 bits per heavy atom. The van der Waals surface area contributed by atoms with Crippen LogP contribution in [-0.2, 0) is 0 Å². The van der Waals surface area contributed by atoms with Crippen LogP contribution in [0.1, 0.15) is 28.9 Å². The molecule has 92 valence electrons. The molecule has 0 spiro atoms. The highest BCUT2D eigenvalue weighted by molar-refractivity contribution is 9.09. The van der Waals surface area contributed by atoms with E-state index in [-0.39, 0.29) is 5.91 Å². The van der Waals surface area contributed by atoms with E-state index in [0.29, 0.717) is 11.6 Å². The number of halogens is 1. The molecule has 2 heterocycles. The zero-order chi connectivity index (χ0) is 12.3. The summed E-state index contributed by atoms with van der Waals surface area (Å²) in [4.78, 5) is 18.4. The van der Waals surface area contributed by atoms with Crippen LogP contribution in [0, 0.1) is 12.8 Å². The molecule has 1 aliphatic heterocycles. The number of carbonyl (C=O) groups excluding carboxylic acids is 1. The van der Waals surface area contributed by atoms with Crippen molar-refractivity contribution in [1.29, 1.82) is 0 Å². The number of carbonyl (C=O) groups is 1. The van der Waals surface area contributed by atoms with Crippen LogP contribution in [-0.4, -0.2) is 34.2 Å². The van der Waals surface area contributed by atoms with E-state index in [1.807, 2.05) is 24.0 Å². The van der Waals surface area contributed by atoms with Gasteiger partial charge in [0.2, 0.25) is 0 Å². The fourth-order valence-electron chi connectivity index (χ4n) is 2.15. The Bertz CT molecular complexity index is 400. The molecule has 4 heteroatoms. The molecule has 1 fully saturated rings. The standard InChI is InChI=1S/C13H17BrN2O/c1-10-3-2-6-15-12(10)13(17)16-7-4-11(9-14)5-8-16/h2-3,6,11H,4-5,7-9H2,1H3. The van der Waals surface area contributed by atoms with Gasteiger partial charge in [0.25, 0.3) is 5.91 Å². The minimum atomic E-state index is 0.0797. The monoisotopic (exact) mass is 296 g/mol. The van der Waals surface area contributed by atoms with Crippen molar-refractivity contribution >= 4 is 21.8 Å². The van der Waals surface area contributed by atoms with Gasteiger partial charge in [-0.2, -0.15) is 0 Å². The molecular weight excluding hydrogens is 280 g/mol. The van der Waals surface area contributed by atoms with Crippen LogP contribution in [0.2, 0.25) is 0 Å². The third-order valence-electron chi connectivity index (χ3n) is 3.33. The lowest BCUT2D eigenvalue weighted by atomic mass is 9.99. The Morgan fingerprint density at radius 2 is 2.24 bits per heavy atom. The van der Waals surface area contributed by atoms with Gasteiger partial charge in [0.05, 0.1) is 0 Å². The maximum absolute atomic E-state index is 12.3. The molecule has 1 aromatic heterocycles. The van der Waals surface area contributed by atoms with E-state index in [9.17, 15) is 4.79 Å². The highest BCUT2D eigenvalue weighted by atomic mass is 79.9. The molecule has 0 atom stereocenters. The lowest BCUT2D eigenvalue weighted by Crippen LogP contribution is -2.39. The summed E-state index contributed by atoms with van der Waals surface area (Å²) in [5.41, 5.74) is 1.56. The Labute approximate surface area is 110 Å². The normalized spacial score (nSPS) is 17.2. The molecule has 0 saturated carbocycles. The molecule has 1 saturated heterocycles. The molecule has 3 nitrogen and oxygen atoms in total. The van der Waals surface area contributed by atoms with E-state index in [0.717, 1.165) is 36.8 Å². The Balaban J connectivity index is 2.04. The van der Waals surface area contributed by atoms with Gasteiger partial charge in [0.15, 0.2) is 0 Å². The molecule has 0 aliphatic carbocycles. The van der Waals surface area contributed by atoms with Gasteiger partial charge in [0.1, 0.15) is 5.69 Å². The van der Waals surface area contributed by atoms with Crippen LogP contribution >= 0.6 is 15.9 Å². The van der Waals surface area contributed by atoms with Crippen LogP contribution in [0.5, 0.6) is 0 Å². The third kappa shape index (κ3) is 2.86. The SMILES string of the molecule is Cc1cccnc1C(=O)N1CCC(CBr)CC1. The second-order valence-corrected chi connectivity index (χ2v) is 5.21. The average Bonchev–Trinajstić information content (AvgIpc) is 2.39. The van der Waals surface area contributed by atoms with Crippen molar-refractivity contribution in [1.82, 2.24) is 9.88 Å². The van der Waals surface area contributed by atoms with Crippen molar-refractivity contribution in [3.8, 4) is 0 Å². The Kier molecular flexibility index (Phi) is 4.15. The van der Waals surface area contributed by atoms with E-state index in [4.69, 9.17) is 0 Å². The fourth-order valence-corrected chi connectivity index (χ4v) is 2.80. The number of piperidine rings is 1. The first-order chi connectivity index (χ1) is 8.22. The van der Waals surface area contributed by atoms with Crippen LogP contribution in [0.15, 0.2) is 18.3 Å². The molecule has 0 aromatic carbocycles. The summed E-state index contributed by atoms with van der Waals surface area (Å²) in [6, 6.07) is 3.80. The molecule has 17 heavy (non-hydrogen) atoms. The van der Waals surface area contributed by atoms with Crippen molar-refractivity contribution in [3.05, 3.63) is 29.6 Å². The Hall–Kier alpha value is -0.900. The number of amides is 1. The molecule has 0 radical (unpaired) electrons. The van der Waals surface area contributed by atoms with Crippen LogP contribution in [0.25, 0.3) is 0 Å². The first-order valence-electron chi connectivity index (χ1n) is 5.99. The largest absolute Gasteiger partial charge is 0.337 e. The molecule has 0 bridgehead atoms. The van der Waals surface area contributed by atoms with Crippen LogP contribution < -0.4 is 0 Å². The summed E-state index contributed by atoms with van der Waals surface area (Å²) in [7, 11) is 0.